The van der Waals surface area contributed by atoms with Crippen molar-refractivity contribution in [3.8, 4) is 0 Å². The van der Waals surface area contributed by atoms with Crippen molar-refractivity contribution >= 4 is 72.6 Å². The van der Waals surface area contributed by atoms with E-state index < -0.39 is 0 Å². The van der Waals surface area contributed by atoms with Gasteiger partial charge in [0.05, 0.1) is 12.6 Å². The van der Waals surface area contributed by atoms with E-state index in [2.05, 4.69) is 54.3 Å². The van der Waals surface area contributed by atoms with E-state index in [9.17, 15) is 0 Å². The molecule has 1 aliphatic heterocycles. The van der Waals surface area contributed by atoms with Gasteiger partial charge in [0, 0.05) is 0 Å². The van der Waals surface area contributed by atoms with Crippen LogP contribution >= 0.6 is 37.1 Å². The normalized spacial score (nSPS) is 16.5. The summed E-state index contributed by atoms with van der Waals surface area (Å²) in [5.74, 6) is 0. The van der Waals surface area contributed by atoms with Crippen LogP contribution in [0.25, 0.3) is 0 Å². The van der Waals surface area contributed by atoms with Crippen molar-refractivity contribution < 1.29 is 9.31 Å². The molecule has 0 aliphatic carbocycles. The molecule has 7 heteroatoms. The monoisotopic (exact) mass is 532 g/mol. The van der Waals surface area contributed by atoms with Crippen LogP contribution in [0.5, 0.6) is 0 Å². The average Bonchev–Trinajstić information content (AvgIpc) is 2.07. The Kier molecular flexibility index (Phi) is 11.5. The van der Waals surface area contributed by atoms with Crippen LogP contribution in [0.3, 0.4) is 0 Å². The first kappa shape index (κ1) is 14.2. The summed E-state index contributed by atoms with van der Waals surface area (Å²) in [6.45, 7) is 3.52. The van der Waals surface area contributed by atoms with E-state index in [1.807, 2.05) is 0 Å². The second kappa shape index (κ2) is 9.72. The molecule has 12 heavy (non-hydrogen) atoms. The molecule has 0 aromatic carbocycles. The Morgan fingerprint density at radius 1 is 1.42 bits per heavy atom. The summed E-state index contributed by atoms with van der Waals surface area (Å²) in [4.78, 5) is 0. The van der Waals surface area contributed by atoms with Gasteiger partial charge in [0.15, 0.2) is 13.1 Å². The summed E-state index contributed by atoms with van der Waals surface area (Å²) < 4.78 is 8.17. The van der Waals surface area contributed by atoms with Gasteiger partial charge in [0.2, 0.25) is 0 Å². The van der Waals surface area contributed by atoms with Crippen LogP contribution in [0, 0.1) is 0 Å². The van der Waals surface area contributed by atoms with Crippen LogP contribution < -0.4 is 0 Å². The fourth-order valence-electron chi connectivity index (χ4n) is 0.775. The van der Waals surface area contributed by atoms with Crippen LogP contribution in [0.1, 0.15) is 0 Å². The molecule has 2 nitrogen and oxygen atoms in total. The average molecular weight is 534 g/mol. The van der Waals surface area contributed by atoms with E-state index >= 15 is 0 Å². The van der Waals surface area contributed by atoms with Gasteiger partial charge in [-0.15, -0.1) is 0 Å². The molecule has 1 aliphatic rings. The molecule has 0 aromatic heterocycles. The number of hydrogen-bond acceptors (Lipinski definition) is 1. The number of rotatable bonds is 0. The third-order valence-corrected chi connectivity index (χ3v) is 1.91. The van der Waals surface area contributed by atoms with Crippen molar-refractivity contribution in [2.24, 2.45) is 0 Å². The molecular formula is C5H11BiBr2NOS2+3. The van der Waals surface area contributed by atoms with E-state index in [0.717, 1.165) is 30.7 Å². The van der Waals surface area contributed by atoms with Gasteiger partial charge in [-0.25, -0.2) is 0 Å². The van der Waals surface area contributed by atoms with Gasteiger partial charge in [0.1, 0.15) is 13.2 Å². The zero-order valence-corrected chi connectivity index (χ0v) is 14.9. The van der Waals surface area contributed by atoms with Gasteiger partial charge < -0.3 is 4.74 Å². The molecule has 1 rings (SSSR count). The molecule has 0 saturated carbocycles. The van der Waals surface area contributed by atoms with Gasteiger partial charge in [-0.05, 0) is 12.6 Å². The molecule has 0 unspecified atom stereocenters. The molecule has 70 valence electrons. The predicted molar refractivity (Wildman–Crippen MR) is 68.6 cm³/mol. The number of nitrogens with zero attached hydrogens (tertiary/aromatic N) is 1. The maximum atomic E-state index is 5.14. The number of ether oxygens (including phenoxy) is 1. The van der Waals surface area contributed by atoms with Gasteiger partial charge in [-0.2, -0.15) is 4.58 Å². The summed E-state index contributed by atoms with van der Waals surface area (Å²) >= 11 is 13.8. The Morgan fingerprint density at radius 2 is 1.83 bits per heavy atom. The molecule has 0 aromatic rings. The van der Waals surface area contributed by atoms with Crippen molar-refractivity contribution in [1.82, 2.24) is 0 Å². The first-order valence-corrected chi connectivity index (χ1v) is 19.3. The molecule has 1 saturated heterocycles. The molecular weight excluding hydrogens is 523 g/mol. The van der Waals surface area contributed by atoms with Gasteiger partial charge >= 0.3 is 47.3 Å². The van der Waals surface area contributed by atoms with E-state index in [4.69, 9.17) is 4.74 Å². The maximum absolute atomic E-state index is 5.14. The Balaban J connectivity index is 0.000000354. The number of halogens is 2. The third kappa shape index (κ3) is 7.57. The quantitative estimate of drug-likeness (QED) is 0.158. The number of thiol groups is 1. The van der Waals surface area contributed by atoms with Crippen molar-refractivity contribution in [3.63, 3.8) is 0 Å². The van der Waals surface area contributed by atoms with Crippen LogP contribution in [-0.2, 0) is 17.4 Å². The van der Waals surface area contributed by atoms with Crippen LogP contribution in [-0.4, -0.2) is 53.8 Å². The summed E-state index contributed by atoms with van der Waals surface area (Å²) in [6, 6.07) is 0. The van der Waals surface area contributed by atoms with Crippen molar-refractivity contribution in [3.05, 3.63) is 0 Å². The molecule has 0 spiro atoms. The molecule has 0 bridgehead atoms. The standard InChI is InChI=1S/C5H9NOS2.Bi.2BrH/c8-5(9)6-1-3-7-4-2-6;;;/h1-4H2,(H,8,9);;2*1H/q;+3;;. The zero-order valence-electron chi connectivity index (χ0n) is 6.33. The molecule has 0 amide bonds. The number of morpholine rings is 1. The summed E-state index contributed by atoms with van der Waals surface area (Å²) in [6.07, 6.45) is 0. The topological polar surface area (TPSA) is 12.2 Å². The molecule has 0 N–H and O–H groups in total. The Labute approximate surface area is 107 Å². The molecule has 1 fully saturated rings. The SMILES string of the molecule is SC([SH2+])=[N+]1CCOCC1.[Br][Bi+][Br]. The summed E-state index contributed by atoms with van der Waals surface area (Å²) in [5.41, 5.74) is 0. The number of hydrogen-bond donors (Lipinski definition) is 1. The van der Waals surface area contributed by atoms with Crippen molar-refractivity contribution in [2.45, 2.75) is 0 Å². The fourth-order valence-corrected chi connectivity index (χ4v) is 1.20. The molecule has 1 heterocycles. The van der Waals surface area contributed by atoms with Gasteiger partial charge in [-0.3, -0.25) is 0 Å². The van der Waals surface area contributed by atoms with Crippen molar-refractivity contribution in [2.75, 3.05) is 26.3 Å². The fraction of sp³-hybridized carbons (Fsp3) is 0.800. The second-order valence-corrected chi connectivity index (χ2v) is 18.4. The Hall–Kier alpha value is 2.17. The van der Waals surface area contributed by atoms with Gasteiger partial charge in [0.25, 0.3) is 0 Å². The minimum absolute atomic E-state index is 0.208. The van der Waals surface area contributed by atoms with Gasteiger partial charge in [-0.1, -0.05) is 0 Å². The summed E-state index contributed by atoms with van der Waals surface area (Å²) in [7, 11) is 0. The van der Waals surface area contributed by atoms with Crippen molar-refractivity contribution in [1.29, 1.82) is 0 Å². The third-order valence-electron chi connectivity index (χ3n) is 1.31. The minimum atomic E-state index is -0.208. The van der Waals surface area contributed by atoms with Crippen LogP contribution in [0.2, 0.25) is 0 Å². The van der Waals surface area contributed by atoms with E-state index in [1.165, 1.54) is 0 Å². The van der Waals surface area contributed by atoms with E-state index in [1.54, 1.807) is 0 Å². The second-order valence-electron chi connectivity index (χ2n) is 1.99. The predicted octanol–water partition coefficient (Wildman–Crippen LogP) is 0.637. The summed E-state index contributed by atoms with van der Waals surface area (Å²) in [5, 5.41) is 0. The first-order chi connectivity index (χ1) is 5.72. The molecule has 2 radical (unpaired) electrons. The van der Waals surface area contributed by atoms with Crippen LogP contribution in [0.4, 0.5) is 0 Å². The van der Waals surface area contributed by atoms with E-state index in [0.29, 0.717) is 0 Å². The Morgan fingerprint density at radius 3 is 2.08 bits per heavy atom. The Bertz CT molecular complexity index is 146. The van der Waals surface area contributed by atoms with E-state index in [-0.39, 0.29) is 18.5 Å². The molecule has 0 atom stereocenters. The first-order valence-electron chi connectivity index (χ1n) is 3.25. The van der Waals surface area contributed by atoms with Crippen LogP contribution in [0.15, 0.2) is 0 Å². The zero-order chi connectivity index (χ0) is 9.40.